The molecule has 2 fully saturated rings. The lowest BCUT2D eigenvalue weighted by molar-refractivity contribution is 0.0859. The third kappa shape index (κ3) is 3.84. The van der Waals surface area contributed by atoms with Crippen LogP contribution in [0.2, 0.25) is 5.02 Å². The van der Waals surface area contributed by atoms with Crippen molar-refractivity contribution in [1.29, 1.82) is 0 Å². The summed E-state index contributed by atoms with van der Waals surface area (Å²) in [5, 5.41) is 4.00. The molecule has 2 nitrogen and oxygen atoms in total. The number of carbonyl (C=O) groups excluding carboxylic acids is 1. The molecule has 0 saturated heterocycles. The number of nitrogens with one attached hydrogen (secondary N) is 1. The molecule has 0 unspecified atom stereocenters. The molecule has 1 amide bonds. The zero-order chi connectivity index (χ0) is 15.4. The normalized spacial score (nSPS) is 26.6. The Morgan fingerprint density at radius 1 is 0.909 bits per heavy atom. The minimum atomic E-state index is 0.0596. The lowest BCUT2D eigenvalue weighted by Crippen LogP contribution is -2.45. The summed E-state index contributed by atoms with van der Waals surface area (Å²) in [5.74, 6) is 1.57. The van der Waals surface area contributed by atoms with Gasteiger partial charge < -0.3 is 5.32 Å². The molecule has 0 heterocycles. The van der Waals surface area contributed by atoms with E-state index >= 15 is 0 Å². The van der Waals surface area contributed by atoms with Gasteiger partial charge in [-0.1, -0.05) is 56.5 Å². The van der Waals surface area contributed by atoms with E-state index in [4.69, 9.17) is 11.6 Å². The average Bonchev–Trinajstić information content (AvgIpc) is 2.57. The van der Waals surface area contributed by atoms with E-state index in [2.05, 4.69) is 5.32 Å². The van der Waals surface area contributed by atoms with Crippen LogP contribution in [0.15, 0.2) is 24.3 Å². The summed E-state index contributed by atoms with van der Waals surface area (Å²) in [5.41, 5.74) is 0.720. The molecule has 0 spiro atoms. The molecule has 22 heavy (non-hydrogen) atoms. The van der Waals surface area contributed by atoms with E-state index in [0.717, 1.165) is 17.9 Å². The molecule has 0 aromatic heterocycles. The Morgan fingerprint density at radius 2 is 1.55 bits per heavy atom. The second-order valence-electron chi connectivity index (χ2n) is 6.93. The van der Waals surface area contributed by atoms with Crippen molar-refractivity contribution in [2.75, 3.05) is 0 Å². The molecule has 3 heteroatoms. The van der Waals surface area contributed by atoms with Gasteiger partial charge in [-0.05, 0) is 48.9 Å². The van der Waals surface area contributed by atoms with Crippen molar-refractivity contribution in [2.24, 2.45) is 11.8 Å². The fourth-order valence-corrected chi connectivity index (χ4v) is 4.44. The standard InChI is InChI=1S/C19H26ClNO/c20-16-12-10-15(11-13-16)19(22)21-18-9-5-4-8-17(18)14-6-2-1-3-7-14/h10-14,17-18H,1-9H2,(H,21,22)/t17-,18-/m0/s1. The number of rotatable bonds is 3. The van der Waals surface area contributed by atoms with Crippen LogP contribution in [0.3, 0.4) is 0 Å². The maximum atomic E-state index is 12.5. The first-order valence-electron chi connectivity index (χ1n) is 8.80. The number of halogens is 1. The van der Waals surface area contributed by atoms with E-state index in [1.807, 2.05) is 12.1 Å². The van der Waals surface area contributed by atoms with Gasteiger partial charge in [0.1, 0.15) is 0 Å². The summed E-state index contributed by atoms with van der Waals surface area (Å²) < 4.78 is 0. The molecule has 2 aliphatic carbocycles. The van der Waals surface area contributed by atoms with Gasteiger partial charge in [-0.3, -0.25) is 4.79 Å². The minimum absolute atomic E-state index is 0.0596. The van der Waals surface area contributed by atoms with Gasteiger partial charge in [-0.15, -0.1) is 0 Å². The highest BCUT2D eigenvalue weighted by atomic mass is 35.5. The molecule has 1 aromatic carbocycles. The number of amides is 1. The molecule has 0 radical (unpaired) electrons. The zero-order valence-electron chi connectivity index (χ0n) is 13.2. The summed E-state index contributed by atoms with van der Waals surface area (Å²) >= 11 is 5.90. The topological polar surface area (TPSA) is 29.1 Å². The Balaban J connectivity index is 1.65. The smallest absolute Gasteiger partial charge is 0.251 e. The maximum absolute atomic E-state index is 12.5. The molecule has 1 N–H and O–H groups in total. The van der Waals surface area contributed by atoms with Gasteiger partial charge in [0.2, 0.25) is 0 Å². The highest BCUT2D eigenvalue weighted by molar-refractivity contribution is 6.30. The van der Waals surface area contributed by atoms with E-state index in [1.165, 1.54) is 51.4 Å². The van der Waals surface area contributed by atoms with E-state index in [0.29, 0.717) is 17.0 Å². The van der Waals surface area contributed by atoms with Gasteiger partial charge in [-0.25, -0.2) is 0 Å². The van der Waals surface area contributed by atoms with Crippen LogP contribution in [0.4, 0.5) is 0 Å². The van der Waals surface area contributed by atoms with Crippen LogP contribution in [0.25, 0.3) is 0 Å². The molecule has 120 valence electrons. The number of hydrogen-bond donors (Lipinski definition) is 1. The second kappa shape index (κ2) is 7.50. The maximum Gasteiger partial charge on any atom is 0.251 e. The predicted octanol–water partition coefficient (Wildman–Crippen LogP) is 5.21. The fourth-order valence-electron chi connectivity index (χ4n) is 4.32. The Bertz CT molecular complexity index is 493. The van der Waals surface area contributed by atoms with Crippen LogP contribution in [0.1, 0.15) is 68.1 Å². The predicted molar refractivity (Wildman–Crippen MR) is 91.2 cm³/mol. The van der Waals surface area contributed by atoms with E-state index in [1.54, 1.807) is 12.1 Å². The zero-order valence-corrected chi connectivity index (χ0v) is 13.9. The van der Waals surface area contributed by atoms with Gasteiger partial charge in [0, 0.05) is 16.6 Å². The largest absolute Gasteiger partial charge is 0.349 e. The quantitative estimate of drug-likeness (QED) is 0.814. The van der Waals surface area contributed by atoms with Gasteiger partial charge in [0.25, 0.3) is 5.91 Å². The van der Waals surface area contributed by atoms with Crippen LogP contribution < -0.4 is 5.32 Å². The molecular formula is C19H26ClNO. The van der Waals surface area contributed by atoms with Gasteiger partial charge >= 0.3 is 0 Å². The summed E-state index contributed by atoms with van der Waals surface area (Å²) in [6, 6.07) is 7.57. The van der Waals surface area contributed by atoms with Crippen LogP contribution in [-0.4, -0.2) is 11.9 Å². The SMILES string of the molecule is O=C(N[C@H]1CCCC[C@H]1C1CCCCC1)c1ccc(Cl)cc1. The summed E-state index contributed by atoms with van der Waals surface area (Å²) in [6.45, 7) is 0. The van der Waals surface area contributed by atoms with Crippen molar-refractivity contribution in [1.82, 2.24) is 5.32 Å². The van der Waals surface area contributed by atoms with Crippen LogP contribution >= 0.6 is 11.6 Å². The minimum Gasteiger partial charge on any atom is -0.349 e. The summed E-state index contributed by atoms with van der Waals surface area (Å²) in [6.07, 6.45) is 11.9. The molecule has 2 saturated carbocycles. The first kappa shape index (κ1) is 15.9. The van der Waals surface area contributed by atoms with Crippen LogP contribution in [0, 0.1) is 11.8 Å². The Labute approximate surface area is 138 Å². The van der Waals surface area contributed by atoms with Crippen molar-refractivity contribution >= 4 is 17.5 Å². The number of benzene rings is 1. The lowest BCUT2D eigenvalue weighted by atomic mass is 9.71. The van der Waals surface area contributed by atoms with Crippen LogP contribution in [-0.2, 0) is 0 Å². The molecule has 2 aliphatic rings. The third-order valence-electron chi connectivity index (χ3n) is 5.50. The highest BCUT2D eigenvalue weighted by Gasteiger charge is 2.33. The highest BCUT2D eigenvalue weighted by Crippen LogP contribution is 2.38. The molecule has 0 aliphatic heterocycles. The van der Waals surface area contributed by atoms with Gasteiger partial charge in [0.15, 0.2) is 0 Å². The summed E-state index contributed by atoms with van der Waals surface area (Å²) in [7, 11) is 0. The van der Waals surface area contributed by atoms with Crippen molar-refractivity contribution in [3.63, 3.8) is 0 Å². The average molecular weight is 320 g/mol. The van der Waals surface area contributed by atoms with Crippen LogP contribution in [0.5, 0.6) is 0 Å². The first-order chi connectivity index (χ1) is 10.7. The van der Waals surface area contributed by atoms with E-state index in [9.17, 15) is 4.79 Å². The van der Waals surface area contributed by atoms with Crippen molar-refractivity contribution in [2.45, 2.75) is 63.8 Å². The third-order valence-corrected chi connectivity index (χ3v) is 5.75. The summed E-state index contributed by atoms with van der Waals surface area (Å²) in [4.78, 5) is 12.5. The van der Waals surface area contributed by atoms with E-state index in [-0.39, 0.29) is 5.91 Å². The Morgan fingerprint density at radius 3 is 2.27 bits per heavy atom. The van der Waals surface area contributed by atoms with Crippen molar-refractivity contribution in [3.05, 3.63) is 34.9 Å². The monoisotopic (exact) mass is 319 g/mol. The molecule has 1 aromatic rings. The number of carbonyl (C=O) groups is 1. The van der Waals surface area contributed by atoms with Gasteiger partial charge in [0.05, 0.1) is 0 Å². The van der Waals surface area contributed by atoms with Gasteiger partial charge in [-0.2, -0.15) is 0 Å². The molecular weight excluding hydrogens is 294 g/mol. The number of hydrogen-bond acceptors (Lipinski definition) is 1. The van der Waals surface area contributed by atoms with E-state index < -0.39 is 0 Å². The Kier molecular flexibility index (Phi) is 5.41. The first-order valence-corrected chi connectivity index (χ1v) is 9.18. The fraction of sp³-hybridized carbons (Fsp3) is 0.632. The van der Waals surface area contributed by atoms with Crippen molar-refractivity contribution < 1.29 is 4.79 Å². The molecule has 0 bridgehead atoms. The Hall–Kier alpha value is -1.02. The molecule has 3 rings (SSSR count). The molecule has 2 atom stereocenters. The lowest BCUT2D eigenvalue weighted by Gasteiger charge is -2.39. The second-order valence-corrected chi connectivity index (χ2v) is 7.37. The van der Waals surface area contributed by atoms with Crippen molar-refractivity contribution in [3.8, 4) is 0 Å².